The van der Waals surface area contributed by atoms with Crippen LogP contribution in [-0.2, 0) is 14.3 Å². The molecule has 0 aliphatic carbocycles. The molecule has 2 aromatic rings. The molecular weight excluding hydrogens is 350 g/mol. The Morgan fingerprint density at radius 2 is 1.89 bits per heavy atom. The van der Waals surface area contributed by atoms with Gasteiger partial charge in [0, 0.05) is 11.6 Å². The molecule has 1 aromatic carbocycles. The summed E-state index contributed by atoms with van der Waals surface area (Å²) in [5.41, 5.74) is 1.28. The van der Waals surface area contributed by atoms with Crippen molar-refractivity contribution in [1.82, 2.24) is 10.5 Å². The number of carbonyl (C=O) groups is 3. The molecule has 1 atom stereocenters. The molecule has 2 amide bonds. The van der Waals surface area contributed by atoms with Crippen LogP contribution in [0.15, 0.2) is 34.9 Å². The summed E-state index contributed by atoms with van der Waals surface area (Å²) in [6.07, 6.45) is 0. The van der Waals surface area contributed by atoms with Gasteiger partial charge in [-0.15, -0.1) is 0 Å². The van der Waals surface area contributed by atoms with E-state index < -0.39 is 24.5 Å². The zero-order chi connectivity index (χ0) is 20.0. The highest BCUT2D eigenvalue weighted by Gasteiger charge is 2.27. The number of amides is 2. The van der Waals surface area contributed by atoms with E-state index >= 15 is 0 Å². The quantitative estimate of drug-likeness (QED) is 0.720. The lowest BCUT2D eigenvalue weighted by Crippen LogP contribution is -2.46. The topological polar surface area (TPSA) is 111 Å². The van der Waals surface area contributed by atoms with Gasteiger partial charge in [-0.3, -0.25) is 9.59 Å². The molecule has 27 heavy (non-hydrogen) atoms. The van der Waals surface area contributed by atoms with Crippen molar-refractivity contribution in [2.75, 3.05) is 11.9 Å². The molecule has 8 heteroatoms. The van der Waals surface area contributed by atoms with Crippen LogP contribution < -0.4 is 10.6 Å². The molecule has 2 N–H and O–H groups in total. The largest absolute Gasteiger partial charge is 0.454 e. The van der Waals surface area contributed by atoms with Gasteiger partial charge in [-0.2, -0.15) is 0 Å². The van der Waals surface area contributed by atoms with Gasteiger partial charge in [-0.05, 0) is 31.4 Å². The Kier molecular flexibility index (Phi) is 6.70. The second kappa shape index (κ2) is 8.98. The van der Waals surface area contributed by atoms with Crippen molar-refractivity contribution >= 4 is 23.6 Å². The molecule has 0 unspecified atom stereocenters. The lowest BCUT2D eigenvalue weighted by atomic mass is 10.0. The summed E-state index contributed by atoms with van der Waals surface area (Å²) in [6, 6.07) is 7.74. The van der Waals surface area contributed by atoms with Crippen LogP contribution in [0, 0.1) is 19.8 Å². The average molecular weight is 373 g/mol. The standard InChI is InChI=1S/C19H23N3O5/c1-11(2)17(21-18(24)14-8-6-5-7-12(14)3)19(25)26-10-16(23)20-15-9-13(4)27-22-15/h5-9,11,17H,10H2,1-4H3,(H,21,24)(H,20,22,23)/t17-/m0/s1. The van der Waals surface area contributed by atoms with Crippen molar-refractivity contribution in [3.8, 4) is 0 Å². The first-order valence-corrected chi connectivity index (χ1v) is 8.54. The summed E-state index contributed by atoms with van der Waals surface area (Å²) in [6.45, 7) is 6.57. The number of hydrogen-bond acceptors (Lipinski definition) is 6. The number of ether oxygens (including phenoxy) is 1. The first kappa shape index (κ1) is 20.2. The lowest BCUT2D eigenvalue weighted by Gasteiger charge is -2.21. The molecule has 0 saturated carbocycles. The van der Waals surface area contributed by atoms with Crippen molar-refractivity contribution < 1.29 is 23.6 Å². The van der Waals surface area contributed by atoms with Crippen LogP contribution in [0.3, 0.4) is 0 Å². The normalized spacial score (nSPS) is 11.7. The van der Waals surface area contributed by atoms with Crippen LogP contribution in [0.4, 0.5) is 5.82 Å². The van der Waals surface area contributed by atoms with E-state index in [9.17, 15) is 14.4 Å². The summed E-state index contributed by atoms with van der Waals surface area (Å²) in [4.78, 5) is 36.6. The van der Waals surface area contributed by atoms with E-state index in [1.807, 2.05) is 19.1 Å². The third-order valence-electron chi connectivity index (χ3n) is 3.84. The van der Waals surface area contributed by atoms with Gasteiger partial charge >= 0.3 is 5.97 Å². The molecule has 2 rings (SSSR count). The van der Waals surface area contributed by atoms with Crippen LogP contribution in [0.5, 0.6) is 0 Å². The number of hydrogen-bond donors (Lipinski definition) is 2. The van der Waals surface area contributed by atoms with Gasteiger partial charge in [0.05, 0.1) is 0 Å². The number of carbonyl (C=O) groups excluding carboxylic acids is 3. The highest BCUT2D eigenvalue weighted by atomic mass is 16.5. The van der Waals surface area contributed by atoms with E-state index in [1.54, 1.807) is 39.0 Å². The molecule has 0 aliphatic heterocycles. The van der Waals surface area contributed by atoms with Crippen LogP contribution in [0.1, 0.15) is 35.5 Å². The Morgan fingerprint density at radius 1 is 1.19 bits per heavy atom. The van der Waals surface area contributed by atoms with Gasteiger partial charge in [0.25, 0.3) is 11.8 Å². The zero-order valence-electron chi connectivity index (χ0n) is 15.7. The monoisotopic (exact) mass is 373 g/mol. The minimum Gasteiger partial charge on any atom is -0.454 e. The van der Waals surface area contributed by atoms with Gasteiger partial charge in [0.15, 0.2) is 12.4 Å². The van der Waals surface area contributed by atoms with Gasteiger partial charge < -0.3 is 19.9 Å². The van der Waals surface area contributed by atoms with E-state index in [-0.39, 0.29) is 17.6 Å². The maximum Gasteiger partial charge on any atom is 0.329 e. The Balaban J connectivity index is 1.93. The maximum absolute atomic E-state index is 12.4. The third kappa shape index (κ3) is 5.67. The van der Waals surface area contributed by atoms with Crippen LogP contribution in [-0.4, -0.2) is 35.6 Å². The van der Waals surface area contributed by atoms with E-state index in [1.165, 1.54) is 0 Å². The first-order chi connectivity index (χ1) is 12.8. The lowest BCUT2D eigenvalue weighted by molar-refractivity contribution is -0.150. The molecule has 0 radical (unpaired) electrons. The van der Waals surface area contributed by atoms with Crippen molar-refractivity contribution in [3.05, 3.63) is 47.2 Å². The van der Waals surface area contributed by atoms with Crippen LogP contribution in [0.2, 0.25) is 0 Å². The predicted octanol–water partition coefficient (Wildman–Crippen LogP) is 2.23. The molecule has 0 bridgehead atoms. The fourth-order valence-electron chi connectivity index (χ4n) is 2.38. The number of rotatable bonds is 7. The van der Waals surface area contributed by atoms with E-state index in [0.717, 1.165) is 5.56 Å². The molecular formula is C19H23N3O5. The number of nitrogens with zero attached hydrogens (tertiary/aromatic N) is 1. The summed E-state index contributed by atoms with van der Waals surface area (Å²) >= 11 is 0. The van der Waals surface area contributed by atoms with Crippen molar-refractivity contribution in [1.29, 1.82) is 0 Å². The summed E-state index contributed by atoms with van der Waals surface area (Å²) < 4.78 is 9.89. The Morgan fingerprint density at radius 3 is 2.48 bits per heavy atom. The van der Waals surface area contributed by atoms with Gasteiger partial charge in [-0.1, -0.05) is 37.2 Å². The molecule has 144 valence electrons. The summed E-state index contributed by atoms with van der Waals surface area (Å²) in [5.74, 6) is -1.04. The fraction of sp³-hybridized carbons (Fsp3) is 0.368. The van der Waals surface area contributed by atoms with Crippen LogP contribution in [0.25, 0.3) is 0 Å². The predicted molar refractivity (Wildman–Crippen MR) is 98.1 cm³/mol. The highest BCUT2D eigenvalue weighted by Crippen LogP contribution is 2.11. The van der Waals surface area contributed by atoms with E-state index in [0.29, 0.717) is 11.3 Å². The first-order valence-electron chi connectivity index (χ1n) is 8.54. The summed E-state index contributed by atoms with van der Waals surface area (Å²) in [7, 11) is 0. The van der Waals surface area contributed by atoms with E-state index in [4.69, 9.17) is 9.26 Å². The Hall–Kier alpha value is -3.16. The molecule has 0 saturated heterocycles. The minimum absolute atomic E-state index is 0.216. The molecule has 1 aromatic heterocycles. The van der Waals surface area contributed by atoms with Crippen molar-refractivity contribution in [2.45, 2.75) is 33.7 Å². The SMILES string of the molecule is Cc1cc(NC(=O)COC(=O)[C@@H](NC(=O)c2ccccc2C)C(C)C)no1. The van der Waals surface area contributed by atoms with Crippen molar-refractivity contribution in [3.63, 3.8) is 0 Å². The smallest absolute Gasteiger partial charge is 0.329 e. The zero-order valence-corrected chi connectivity index (χ0v) is 15.7. The Labute approximate surface area is 157 Å². The molecule has 0 aliphatic rings. The fourth-order valence-corrected chi connectivity index (χ4v) is 2.38. The van der Waals surface area contributed by atoms with Crippen LogP contribution >= 0.6 is 0 Å². The number of aryl methyl sites for hydroxylation is 2. The third-order valence-corrected chi connectivity index (χ3v) is 3.84. The van der Waals surface area contributed by atoms with Gasteiger partial charge in [-0.25, -0.2) is 4.79 Å². The summed E-state index contributed by atoms with van der Waals surface area (Å²) in [5, 5.41) is 8.75. The molecule has 0 fully saturated rings. The van der Waals surface area contributed by atoms with Gasteiger partial charge in [0.2, 0.25) is 0 Å². The molecule has 0 spiro atoms. The maximum atomic E-state index is 12.4. The number of aromatic nitrogens is 1. The highest BCUT2D eigenvalue weighted by molar-refractivity contribution is 5.98. The number of nitrogens with one attached hydrogen (secondary N) is 2. The number of anilines is 1. The number of esters is 1. The van der Waals surface area contributed by atoms with Gasteiger partial charge in [0.1, 0.15) is 11.8 Å². The Bertz CT molecular complexity index is 828. The number of benzene rings is 1. The van der Waals surface area contributed by atoms with E-state index in [2.05, 4.69) is 15.8 Å². The van der Waals surface area contributed by atoms with Crippen molar-refractivity contribution in [2.24, 2.45) is 5.92 Å². The minimum atomic E-state index is -0.876. The second-order valence-electron chi connectivity index (χ2n) is 6.49. The molecule has 8 nitrogen and oxygen atoms in total. The second-order valence-corrected chi connectivity index (χ2v) is 6.49. The molecule has 1 heterocycles. The average Bonchev–Trinajstić information content (AvgIpc) is 3.02.